The van der Waals surface area contributed by atoms with Crippen molar-refractivity contribution in [1.82, 2.24) is 24.9 Å². The SMILES string of the molecule is c1cnn(C[C@H]2CN(Cc3nnc(C4CC4)o3)CCO2)c1. The molecule has 7 heteroatoms. The van der Waals surface area contributed by atoms with Crippen LogP contribution in [0.5, 0.6) is 0 Å². The molecule has 2 fully saturated rings. The summed E-state index contributed by atoms with van der Waals surface area (Å²) >= 11 is 0. The minimum Gasteiger partial charge on any atom is -0.424 e. The molecule has 0 bridgehead atoms. The van der Waals surface area contributed by atoms with Crippen molar-refractivity contribution in [3.05, 3.63) is 30.2 Å². The Morgan fingerprint density at radius 3 is 3.05 bits per heavy atom. The van der Waals surface area contributed by atoms with E-state index in [-0.39, 0.29) is 6.10 Å². The quantitative estimate of drug-likeness (QED) is 0.819. The van der Waals surface area contributed by atoms with Gasteiger partial charge in [0, 0.05) is 31.4 Å². The molecule has 0 unspecified atom stereocenters. The van der Waals surface area contributed by atoms with E-state index in [1.54, 1.807) is 6.20 Å². The average molecular weight is 289 g/mol. The number of hydrogen-bond donors (Lipinski definition) is 0. The molecule has 2 aromatic rings. The molecule has 3 heterocycles. The molecule has 112 valence electrons. The first-order valence-corrected chi connectivity index (χ1v) is 7.50. The fraction of sp³-hybridized carbons (Fsp3) is 0.643. The molecule has 0 radical (unpaired) electrons. The third kappa shape index (κ3) is 3.14. The standard InChI is InChI=1S/C14H19N5O2/c1-4-15-19(5-1)9-12-8-18(6-7-20-12)10-13-16-17-14(21-13)11-2-3-11/h1,4-5,11-12H,2-3,6-10H2/t12-/m1/s1. The van der Waals surface area contributed by atoms with Gasteiger partial charge in [0.05, 0.1) is 25.8 Å². The molecule has 1 saturated carbocycles. The Morgan fingerprint density at radius 1 is 1.29 bits per heavy atom. The Morgan fingerprint density at radius 2 is 2.24 bits per heavy atom. The number of ether oxygens (including phenoxy) is 1. The molecule has 1 saturated heterocycles. The van der Waals surface area contributed by atoms with Crippen LogP contribution in [0.3, 0.4) is 0 Å². The largest absolute Gasteiger partial charge is 0.424 e. The first-order chi connectivity index (χ1) is 10.4. The van der Waals surface area contributed by atoms with Crippen LogP contribution in [-0.4, -0.2) is 50.7 Å². The van der Waals surface area contributed by atoms with Gasteiger partial charge in [-0.2, -0.15) is 5.10 Å². The van der Waals surface area contributed by atoms with Crippen LogP contribution in [0.2, 0.25) is 0 Å². The fourth-order valence-corrected chi connectivity index (χ4v) is 2.67. The van der Waals surface area contributed by atoms with E-state index in [1.807, 2.05) is 16.9 Å². The Labute approximate surface area is 122 Å². The monoisotopic (exact) mass is 289 g/mol. The molecule has 1 atom stereocenters. The van der Waals surface area contributed by atoms with E-state index < -0.39 is 0 Å². The zero-order chi connectivity index (χ0) is 14.1. The van der Waals surface area contributed by atoms with Crippen molar-refractivity contribution in [2.45, 2.75) is 38.0 Å². The van der Waals surface area contributed by atoms with Crippen LogP contribution in [0.25, 0.3) is 0 Å². The van der Waals surface area contributed by atoms with Gasteiger partial charge in [0.15, 0.2) is 0 Å². The molecule has 21 heavy (non-hydrogen) atoms. The van der Waals surface area contributed by atoms with E-state index in [0.29, 0.717) is 12.5 Å². The summed E-state index contributed by atoms with van der Waals surface area (Å²) in [5, 5.41) is 12.5. The van der Waals surface area contributed by atoms with Gasteiger partial charge in [-0.3, -0.25) is 9.58 Å². The van der Waals surface area contributed by atoms with Gasteiger partial charge in [-0.25, -0.2) is 0 Å². The lowest BCUT2D eigenvalue weighted by Crippen LogP contribution is -2.43. The summed E-state index contributed by atoms with van der Waals surface area (Å²) in [6, 6.07) is 1.93. The highest BCUT2D eigenvalue weighted by Gasteiger charge is 2.30. The maximum atomic E-state index is 5.80. The summed E-state index contributed by atoms with van der Waals surface area (Å²) in [5.74, 6) is 2.05. The Kier molecular flexibility index (Phi) is 3.44. The van der Waals surface area contributed by atoms with E-state index in [9.17, 15) is 0 Å². The van der Waals surface area contributed by atoms with Crippen LogP contribution < -0.4 is 0 Å². The predicted molar refractivity (Wildman–Crippen MR) is 73.5 cm³/mol. The summed E-state index contributed by atoms with van der Waals surface area (Å²) < 4.78 is 13.4. The van der Waals surface area contributed by atoms with E-state index >= 15 is 0 Å². The van der Waals surface area contributed by atoms with Crippen molar-refractivity contribution >= 4 is 0 Å². The van der Waals surface area contributed by atoms with E-state index in [0.717, 1.165) is 38.0 Å². The molecule has 0 amide bonds. The van der Waals surface area contributed by atoms with Crippen LogP contribution in [-0.2, 0) is 17.8 Å². The van der Waals surface area contributed by atoms with Crippen LogP contribution >= 0.6 is 0 Å². The third-order valence-electron chi connectivity index (χ3n) is 3.94. The molecule has 4 rings (SSSR count). The van der Waals surface area contributed by atoms with Gasteiger partial charge in [0.25, 0.3) is 0 Å². The van der Waals surface area contributed by atoms with E-state index in [4.69, 9.17) is 9.15 Å². The maximum absolute atomic E-state index is 5.80. The van der Waals surface area contributed by atoms with Crippen molar-refractivity contribution in [3.8, 4) is 0 Å². The normalized spacial score (nSPS) is 23.5. The Hall–Kier alpha value is -1.73. The predicted octanol–water partition coefficient (Wildman–Crippen LogP) is 1.04. The van der Waals surface area contributed by atoms with Crippen LogP contribution in [0.4, 0.5) is 0 Å². The van der Waals surface area contributed by atoms with Gasteiger partial charge >= 0.3 is 0 Å². The number of nitrogens with zero attached hydrogens (tertiary/aromatic N) is 5. The lowest BCUT2D eigenvalue weighted by molar-refractivity contribution is -0.0423. The highest BCUT2D eigenvalue weighted by atomic mass is 16.5. The van der Waals surface area contributed by atoms with E-state index in [1.165, 1.54) is 12.8 Å². The van der Waals surface area contributed by atoms with Crippen LogP contribution in [0.15, 0.2) is 22.9 Å². The molecule has 7 nitrogen and oxygen atoms in total. The van der Waals surface area contributed by atoms with Gasteiger partial charge in [0.1, 0.15) is 0 Å². The molecule has 0 N–H and O–H groups in total. The van der Waals surface area contributed by atoms with E-state index in [2.05, 4.69) is 20.2 Å². The lowest BCUT2D eigenvalue weighted by atomic mass is 10.2. The van der Waals surface area contributed by atoms with Crippen molar-refractivity contribution in [2.75, 3.05) is 19.7 Å². The molecular weight excluding hydrogens is 270 g/mol. The molecule has 1 aliphatic heterocycles. The highest BCUT2D eigenvalue weighted by Crippen LogP contribution is 2.39. The molecule has 1 aliphatic carbocycles. The topological polar surface area (TPSA) is 69.2 Å². The summed E-state index contributed by atoms with van der Waals surface area (Å²) in [6.45, 7) is 3.98. The Balaban J connectivity index is 1.33. The zero-order valence-electron chi connectivity index (χ0n) is 11.9. The minimum atomic E-state index is 0.157. The highest BCUT2D eigenvalue weighted by molar-refractivity contribution is 5.00. The third-order valence-corrected chi connectivity index (χ3v) is 3.94. The first kappa shape index (κ1) is 13.0. The first-order valence-electron chi connectivity index (χ1n) is 7.50. The van der Waals surface area contributed by atoms with Crippen LogP contribution in [0.1, 0.15) is 30.5 Å². The second-order valence-corrected chi connectivity index (χ2v) is 5.76. The molecule has 0 spiro atoms. The summed E-state index contributed by atoms with van der Waals surface area (Å²) in [5.41, 5.74) is 0. The number of rotatable bonds is 5. The van der Waals surface area contributed by atoms with Gasteiger partial charge in [-0.05, 0) is 18.9 Å². The molecule has 2 aromatic heterocycles. The second kappa shape index (κ2) is 5.57. The van der Waals surface area contributed by atoms with Gasteiger partial charge in [-0.15, -0.1) is 10.2 Å². The average Bonchev–Trinajstić information content (AvgIpc) is 3.02. The van der Waals surface area contributed by atoms with Gasteiger partial charge in [0.2, 0.25) is 11.8 Å². The van der Waals surface area contributed by atoms with Gasteiger partial charge in [-0.1, -0.05) is 0 Å². The van der Waals surface area contributed by atoms with Crippen molar-refractivity contribution in [1.29, 1.82) is 0 Å². The fourth-order valence-electron chi connectivity index (χ4n) is 2.67. The van der Waals surface area contributed by atoms with Gasteiger partial charge < -0.3 is 9.15 Å². The smallest absolute Gasteiger partial charge is 0.230 e. The molecule has 2 aliphatic rings. The maximum Gasteiger partial charge on any atom is 0.230 e. The number of aromatic nitrogens is 4. The van der Waals surface area contributed by atoms with Crippen molar-refractivity contribution in [3.63, 3.8) is 0 Å². The van der Waals surface area contributed by atoms with Crippen molar-refractivity contribution in [2.24, 2.45) is 0 Å². The molecule has 0 aromatic carbocycles. The zero-order valence-corrected chi connectivity index (χ0v) is 11.9. The number of hydrogen-bond acceptors (Lipinski definition) is 6. The Bertz CT molecular complexity index is 578. The summed E-state index contributed by atoms with van der Waals surface area (Å²) in [4.78, 5) is 2.31. The second-order valence-electron chi connectivity index (χ2n) is 5.76. The van der Waals surface area contributed by atoms with Crippen LogP contribution in [0, 0.1) is 0 Å². The molecular formula is C14H19N5O2. The van der Waals surface area contributed by atoms with Crippen molar-refractivity contribution < 1.29 is 9.15 Å². The lowest BCUT2D eigenvalue weighted by Gasteiger charge is -2.31. The number of morpholine rings is 1. The summed E-state index contributed by atoms with van der Waals surface area (Å²) in [6.07, 6.45) is 6.28. The summed E-state index contributed by atoms with van der Waals surface area (Å²) in [7, 11) is 0. The minimum absolute atomic E-state index is 0.157.